The van der Waals surface area contributed by atoms with Gasteiger partial charge in [-0.1, -0.05) is 0 Å². The highest BCUT2D eigenvalue weighted by molar-refractivity contribution is 6.03. The number of hydrogen-bond acceptors (Lipinski definition) is 3. The number of nitrogens with zero attached hydrogens (tertiary/aromatic N) is 2. The predicted molar refractivity (Wildman–Crippen MR) is 78.5 cm³/mol. The van der Waals surface area contributed by atoms with Crippen molar-refractivity contribution in [1.29, 1.82) is 0 Å². The summed E-state index contributed by atoms with van der Waals surface area (Å²) in [5.41, 5.74) is 0.0132. The van der Waals surface area contributed by atoms with Gasteiger partial charge in [0, 0.05) is 12.6 Å². The summed E-state index contributed by atoms with van der Waals surface area (Å²) in [6, 6.07) is 0. The Balaban J connectivity index is 1.60. The van der Waals surface area contributed by atoms with Crippen molar-refractivity contribution in [3.63, 3.8) is 0 Å². The smallest absolute Gasteiger partial charge is 0.339 e. The minimum absolute atomic E-state index is 0.0234. The van der Waals surface area contributed by atoms with Crippen molar-refractivity contribution in [1.82, 2.24) is 15.1 Å². The van der Waals surface area contributed by atoms with Crippen LogP contribution in [0.1, 0.15) is 59.4 Å². The van der Waals surface area contributed by atoms with Crippen LogP contribution in [0.3, 0.4) is 0 Å². The van der Waals surface area contributed by atoms with E-state index < -0.39 is 5.97 Å². The first kappa shape index (κ1) is 13.8. The maximum absolute atomic E-state index is 12.7. The number of carboxylic acid groups (broad SMARTS) is 1. The van der Waals surface area contributed by atoms with Gasteiger partial charge in [0.2, 0.25) is 0 Å². The van der Waals surface area contributed by atoms with Gasteiger partial charge in [0.25, 0.3) is 5.91 Å². The van der Waals surface area contributed by atoms with Crippen LogP contribution in [0.25, 0.3) is 0 Å². The standard InChI is InChI=1S/C16H21N3O3/c1-19-13(12(8-17-19)15(21)22)14(20)18-16-5-9-2-10(6-16)4-11(3-9)7-16/h8-11H,2-7H2,1H3,(H,18,20)(H,21,22). The molecule has 1 amide bonds. The molecule has 5 rings (SSSR count). The molecule has 1 aromatic rings. The predicted octanol–water partition coefficient (Wildman–Crippen LogP) is 1.82. The van der Waals surface area contributed by atoms with Gasteiger partial charge in [0.1, 0.15) is 11.3 Å². The van der Waals surface area contributed by atoms with Crippen molar-refractivity contribution in [2.75, 3.05) is 0 Å². The Kier molecular flexibility index (Phi) is 2.86. The number of carboxylic acids is 1. The summed E-state index contributed by atoms with van der Waals surface area (Å²) in [5.74, 6) is 0.800. The third-order valence-electron chi connectivity index (χ3n) is 5.80. The van der Waals surface area contributed by atoms with Crippen LogP contribution < -0.4 is 5.32 Å². The number of aromatic carboxylic acids is 1. The number of nitrogens with one attached hydrogen (secondary N) is 1. The van der Waals surface area contributed by atoms with E-state index in [2.05, 4.69) is 10.4 Å². The Morgan fingerprint density at radius 2 is 1.77 bits per heavy atom. The van der Waals surface area contributed by atoms with Crippen LogP contribution in [0.15, 0.2) is 6.20 Å². The van der Waals surface area contributed by atoms with Gasteiger partial charge in [0.05, 0.1) is 6.20 Å². The van der Waals surface area contributed by atoms with E-state index in [1.807, 2.05) is 0 Å². The third kappa shape index (κ3) is 2.04. The lowest BCUT2D eigenvalue weighted by molar-refractivity contribution is -0.0169. The maximum Gasteiger partial charge on any atom is 0.339 e. The summed E-state index contributed by atoms with van der Waals surface area (Å²) < 4.78 is 1.36. The van der Waals surface area contributed by atoms with E-state index in [0.29, 0.717) is 0 Å². The zero-order valence-electron chi connectivity index (χ0n) is 12.7. The van der Waals surface area contributed by atoms with Crippen molar-refractivity contribution in [2.45, 2.75) is 44.1 Å². The molecule has 0 atom stereocenters. The molecule has 118 valence electrons. The van der Waals surface area contributed by atoms with Gasteiger partial charge in [0.15, 0.2) is 0 Å². The van der Waals surface area contributed by atoms with Crippen LogP contribution >= 0.6 is 0 Å². The van der Waals surface area contributed by atoms with Crippen molar-refractivity contribution < 1.29 is 14.7 Å². The molecule has 1 aromatic heterocycles. The molecule has 4 aliphatic rings. The molecule has 2 N–H and O–H groups in total. The number of amides is 1. The molecule has 4 fully saturated rings. The normalized spacial score (nSPS) is 35.6. The lowest BCUT2D eigenvalue weighted by Gasteiger charge is -2.56. The summed E-state index contributed by atoms with van der Waals surface area (Å²) in [7, 11) is 1.61. The first-order valence-corrected chi connectivity index (χ1v) is 8.03. The molecule has 0 aliphatic heterocycles. The van der Waals surface area contributed by atoms with E-state index >= 15 is 0 Å². The van der Waals surface area contributed by atoms with E-state index in [1.54, 1.807) is 7.05 Å². The molecule has 4 aliphatic carbocycles. The number of aryl methyl sites for hydroxylation is 1. The fourth-order valence-corrected chi connectivity index (χ4v) is 5.43. The molecule has 0 spiro atoms. The van der Waals surface area contributed by atoms with Crippen LogP contribution in [-0.4, -0.2) is 32.3 Å². The molecule has 6 heteroatoms. The minimum Gasteiger partial charge on any atom is -0.478 e. The van der Waals surface area contributed by atoms with Crippen LogP contribution in [-0.2, 0) is 7.05 Å². The molecule has 4 bridgehead atoms. The van der Waals surface area contributed by atoms with Crippen molar-refractivity contribution >= 4 is 11.9 Å². The third-order valence-corrected chi connectivity index (χ3v) is 5.80. The van der Waals surface area contributed by atoms with Gasteiger partial charge >= 0.3 is 5.97 Å². The van der Waals surface area contributed by atoms with Gasteiger partial charge in [-0.2, -0.15) is 5.10 Å². The molecule has 0 unspecified atom stereocenters. The number of aromatic nitrogens is 2. The van der Waals surface area contributed by atoms with Gasteiger partial charge < -0.3 is 10.4 Å². The molecule has 0 saturated heterocycles. The monoisotopic (exact) mass is 303 g/mol. The number of hydrogen-bond donors (Lipinski definition) is 2. The Labute approximate surface area is 128 Å². The fourth-order valence-electron chi connectivity index (χ4n) is 5.43. The van der Waals surface area contributed by atoms with Gasteiger partial charge in [-0.25, -0.2) is 4.79 Å². The first-order chi connectivity index (χ1) is 10.5. The molecule has 0 radical (unpaired) electrons. The van der Waals surface area contributed by atoms with Crippen molar-refractivity contribution in [2.24, 2.45) is 24.8 Å². The SMILES string of the molecule is Cn1ncc(C(=O)O)c1C(=O)NC12CC3CC(CC(C3)C1)C2. The van der Waals surface area contributed by atoms with E-state index in [-0.39, 0.29) is 22.7 Å². The van der Waals surface area contributed by atoms with E-state index in [4.69, 9.17) is 0 Å². The average Bonchev–Trinajstić information content (AvgIpc) is 2.78. The molecule has 0 aromatic carbocycles. The molecule has 4 saturated carbocycles. The number of carbonyl (C=O) groups is 2. The van der Waals surface area contributed by atoms with Crippen LogP contribution in [0.5, 0.6) is 0 Å². The van der Waals surface area contributed by atoms with E-state index in [9.17, 15) is 14.7 Å². The topological polar surface area (TPSA) is 84.2 Å². The highest BCUT2D eigenvalue weighted by Crippen LogP contribution is 2.55. The summed E-state index contributed by atoms with van der Waals surface area (Å²) in [6.07, 6.45) is 8.31. The van der Waals surface area contributed by atoms with Gasteiger partial charge in [-0.05, 0) is 56.3 Å². The Morgan fingerprint density at radius 3 is 2.27 bits per heavy atom. The quantitative estimate of drug-likeness (QED) is 0.892. The molecule has 6 nitrogen and oxygen atoms in total. The highest BCUT2D eigenvalue weighted by atomic mass is 16.4. The second-order valence-corrected chi connectivity index (χ2v) is 7.49. The summed E-state index contributed by atoms with van der Waals surface area (Å²) in [6.45, 7) is 0. The highest BCUT2D eigenvalue weighted by Gasteiger charge is 2.51. The summed E-state index contributed by atoms with van der Waals surface area (Å²) >= 11 is 0. The van der Waals surface area contributed by atoms with Crippen LogP contribution in [0, 0.1) is 17.8 Å². The first-order valence-electron chi connectivity index (χ1n) is 8.03. The van der Waals surface area contributed by atoms with Gasteiger partial charge in [-0.3, -0.25) is 9.48 Å². The van der Waals surface area contributed by atoms with E-state index in [0.717, 1.165) is 37.0 Å². The Bertz CT molecular complexity index is 614. The second-order valence-electron chi connectivity index (χ2n) is 7.49. The fraction of sp³-hybridized carbons (Fsp3) is 0.688. The summed E-state index contributed by atoms with van der Waals surface area (Å²) in [4.78, 5) is 24.0. The largest absolute Gasteiger partial charge is 0.478 e. The maximum atomic E-state index is 12.7. The zero-order chi connectivity index (χ0) is 15.5. The van der Waals surface area contributed by atoms with E-state index in [1.165, 1.54) is 30.1 Å². The number of rotatable bonds is 3. The average molecular weight is 303 g/mol. The van der Waals surface area contributed by atoms with Crippen molar-refractivity contribution in [3.05, 3.63) is 17.5 Å². The lowest BCUT2D eigenvalue weighted by Crippen LogP contribution is -2.60. The minimum atomic E-state index is -1.11. The number of carbonyl (C=O) groups excluding carboxylic acids is 1. The van der Waals surface area contributed by atoms with Crippen LogP contribution in [0.2, 0.25) is 0 Å². The van der Waals surface area contributed by atoms with Crippen molar-refractivity contribution in [3.8, 4) is 0 Å². The van der Waals surface area contributed by atoms with Crippen LogP contribution in [0.4, 0.5) is 0 Å². The Hall–Kier alpha value is -1.85. The Morgan fingerprint density at radius 1 is 1.23 bits per heavy atom. The second kappa shape index (κ2) is 4.57. The molecular formula is C16H21N3O3. The molecule has 22 heavy (non-hydrogen) atoms. The van der Waals surface area contributed by atoms with Gasteiger partial charge in [-0.15, -0.1) is 0 Å². The summed E-state index contributed by atoms with van der Waals surface area (Å²) in [5, 5.41) is 16.4. The lowest BCUT2D eigenvalue weighted by atomic mass is 9.53. The zero-order valence-corrected chi connectivity index (χ0v) is 12.7. The molecule has 1 heterocycles. The molecular weight excluding hydrogens is 282 g/mol.